The summed E-state index contributed by atoms with van der Waals surface area (Å²) in [7, 11) is 0. The van der Waals surface area contributed by atoms with Gasteiger partial charge in [-0.15, -0.1) is 0 Å². The lowest BCUT2D eigenvalue weighted by Gasteiger charge is -2.14. The Morgan fingerprint density at radius 1 is 0.914 bits per heavy atom. The van der Waals surface area contributed by atoms with E-state index in [1.807, 2.05) is 79.7 Å². The molecule has 0 radical (unpaired) electrons. The largest absolute Gasteiger partial charge is 0.492 e. The van der Waals surface area contributed by atoms with Gasteiger partial charge in [0.05, 0.1) is 35.4 Å². The van der Waals surface area contributed by atoms with Crippen molar-refractivity contribution in [3.63, 3.8) is 0 Å². The molecular weight excluding hydrogens is 502 g/mol. The van der Waals surface area contributed by atoms with Crippen LogP contribution < -0.4 is 19.1 Å². The van der Waals surface area contributed by atoms with E-state index in [1.54, 1.807) is 11.0 Å². The minimum Gasteiger partial charge on any atom is -0.492 e. The Balaban J connectivity index is 1.40. The highest BCUT2D eigenvalue weighted by Crippen LogP contribution is 2.37. The lowest BCUT2D eigenvalue weighted by molar-refractivity contribution is -0.113. The Bertz CT molecular complexity index is 1230. The Hall–Kier alpha value is -3.00. The number of thioether (sulfide) groups is 1. The fraction of sp³-hybridized carbons (Fsp3) is 0.185. The number of thiocarbonyl (C=S) groups is 1. The molecule has 35 heavy (non-hydrogen) atoms. The third-order valence-corrected chi connectivity index (χ3v) is 6.63. The van der Waals surface area contributed by atoms with Gasteiger partial charge in [-0.3, -0.25) is 9.69 Å². The molecule has 1 saturated heterocycles. The van der Waals surface area contributed by atoms with Crippen LogP contribution in [0.4, 0.5) is 5.69 Å². The first-order valence-corrected chi connectivity index (χ1v) is 12.8. The van der Waals surface area contributed by atoms with Gasteiger partial charge >= 0.3 is 0 Å². The number of para-hydroxylation sites is 2. The molecule has 1 aliphatic heterocycles. The van der Waals surface area contributed by atoms with Gasteiger partial charge in [0, 0.05) is 6.42 Å². The zero-order valence-electron chi connectivity index (χ0n) is 19.1. The van der Waals surface area contributed by atoms with Gasteiger partial charge in [0.1, 0.15) is 5.75 Å². The molecule has 0 aromatic heterocycles. The molecule has 180 valence electrons. The summed E-state index contributed by atoms with van der Waals surface area (Å²) in [6, 6.07) is 22.4. The molecule has 1 fully saturated rings. The van der Waals surface area contributed by atoms with Crippen molar-refractivity contribution in [1.29, 1.82) is 0 Å². The molecule has 0 bridgehead atoms. The van der Waals surface area contributed by atoms with E-state index in [9.17, 15) is 4.79 Å². The van der Waals surface area contributed by atoms with Gasteiger partial charge in [0.2, 0.25) is 0 Å². The normalized spacial score (nSPS) is 14.5. The molecule has 0 unspecified atom stereocenters. The average Bonchev–Trinajstić information content (AvgIpc) is 3.14. The lowest BCUT2D eigenvalue weighted by Crippen LogP contribution is -2.27. The van der Waals surface area contributed by atoms with Crippen molar-refractivity contribution >= 4 is 57.6 Å². The van der Waals surface area contributed by atoms with Crippen LogP contribution in [0.15, 0.2) is 77.7 Å². The van der Waals surface area contributed by atoms with Crippen LogP contribution in [0.5, 0.6) is 17.2 Å². The van der Waals surface area contributed by atoms with Gasteiger partial charge in [-0.1, -0.05) is 72.0 Å². The number of hydrogen-bond donors (Lipinski definition) is 0. The van der Waals surface area contributed by atoms with Crippen LogP contribution in [0, 0.1) is 0 Å². The minimum absolute atomic E-state index is 0.136. The summed E-state index contributed by atoms with van der Waals surface area (Å²) >= 11 is 12.9. The first-order valence-electron chi connectivity index (χ1n) is 11.2. The Morgan fingerprint density at radius 2 is 1.63 bits per heavy atom. The summed E-state index contributed by atoms with van der Waals surface area (Å²) < 4.78 is 17.9. The number of anilines is 1. The van der Waals surface area contributed by atoms with Crippen LogP contribution >= 0.6 is 35.6 Å². The van der Waals surface area contributed by atoms with Crippen LogP contribution in [0.2, 0.25) is 5.02 Å². The standard InChI is InChI=1S/C27H24ClNO4S2/c1-2-31-24-17-19(18-25-26(30)29(27(34)35-25)20-9-4-3-5-10-20)13-14-23(24)33-16-8-15-32-22-12-7-6-11-21(22)28/h3-7,9-14,17-18H,2,8,15-16H2,1H3. The van der Waals surface area contributed by atoms with Crippen molar-refractivity contribution in [3.05, 3.63) is 88.3 Å². The van der Waals surface area contributed by atoms with E-state index >= 15 is 0 Å². The molecule has 0 saturated carbocycles. The van der Waals surface area contributed by atoms with Crippen molar-refractivity contribution in [2.75, 3.05) is 24.7 Å². The minimum atomic E-state index is -0.136. The van der Waals surface area contributed by atoms with Crippen LogP contribution in [0.3, 0.4) is 0 Å². The van der Waals surface area contributed by atoms with Crippen molar-refractivity contribution in [2.45, 2.75) is 13.3 Å². The SMILES string of the molecule is CCOc1cc(C=C2SC(=S)N(c3ccccc3)C2=O)ccc1OCCCOc1ccccc1Cl. The van der Waals surface area contributed by atoms with Crippen LogP contribution in [-0.4, -0.2) is 30.0 Å². The molecule has 3 aromatic rings. The lowest BCUT2D eigenvalue weighted by atomic mass is 10.1. The number of amides is 1. The highest BCUT2D eigenvalue weighted by molar-refractivity contribution is 8.27. The summed E-state index contributed by atoms with van der Waals surface area (Å²) in [5.41, 5.74) is 1.59. The topological polar surface area (TPSA) is 48.0 Å². The number of carbonyl (C=O) groups is 1. The predicted molar refractivity (Wildman–Crippen MR) is 147 cm³/mol. The first-order chi connectivity index (χ1) is 17.1. The van der Waals surface area contributed by atoms with Crippen LogP contribution in [0.1, 0.15) is 18.9 Å². The van der Waals surface area contributed by atoms with E-state index in [1.165, 1.54) is 11.8 Å². The van der Waals surface area contributed by atoms with Gasteiger partial charge in [-0.25, -0.2) is 0 Å². The van der Waals surface area contributed by atoms with Gasteiger partial charge in [0.15, 0.2) is 15.8 Å². The molecule has 0 atom stereocenters. The maximum absolute atomic E-state index is 13.0. The Kier molecular flexibility index (Phi) is 8.69. The zero-order chi connectivity index (χ0) is 24.6. The van der Waals surface area contributed by atoms with Crippen LogP contribution in [-0.2, 0) is 4.79 Å². The van der Waals surface area contributed by atoms with Gasteiger partial charge < -0.3 is 14.2 Å². The first kappa shape index (κ1) is 25.1. The molecule has 1 amide bonds. The second-order valence-electron chi connectivity index (χ2n) is 7.47. The molecule has 1 heterocycles. The second-order valence-corrected chi connectivity index (χ2v) is 9.56. The molecule has 0 N–H and O–H groups in total. The summed E-state index contributed by atoms with van der Waals surface area (Å²) in [5.74, 6) is 1.78. The van der Waals surface area contributed by atoms with Crippen molar-refractivity contribution in [2.24, 2.45) is 0 Å². The molecule has 0 spiro atoms. The maximum Gasteiger partial charge on any atom is 0.270 e. The van der Waals surface area contributed by atoms with E-state index in [2.05, 4.69) is 0 Å². The number of nitrogens with zero attached hydrogens (tertiary/aromatic N) is 1. The highest BCUT2D eigenvalue weighted by Gasteiger charge is 2.33. The fourth-order valence-electron chi connectivity index (χ4n) is 3.41. The summed E-state index contributed by atoms with van der Waals surface area (Å²) in [6.07, 6.45) is 2.51. The van der Waals surface area contributed by atoms with Gasteiger partial charge in [-0.2, -0.15) is 0 Å². The molecular formula is C27H24ClNO4S2. The van der Waals surface area contributed by atoms with Crippen molar-refractivity contribution in [1.82, 2.24) is 0 Å². The molecule has 3 aromatic carbocycles. The van der Waals surface area contributed by atoms with Gasteiger partial charge in [-0.05, 0) is 55.0 Å². The summed E-state index contributed by atoms with van der Waals surface area (Å²) in [4.78, 5) is 15.1. The molecule has 1 aliphatic rings. The summed E-state index contributed by atoms with van der Waals surface area (Å²) in [6.45, 7) is 3.35. The van der Waals surface area contributed by atoms with E-state index in [0.29, 0.717) is 57.7 Å². The molecule has 8 heteroatoms. The van der Waals surface area contributed by atoms with Crippen LogP contribution in [0.25, 0.3) is 6.08 Å². The zero-order valence-corrected chi connectivity index (χ0v) is 21.5. The predicted octanol–water partition coefficient (Wildman–Crippen LogP) is 6.99. The van der Waals surface area contributed by atoms with Crippen molar-refractivity contribution < 1.29 is 19.0 Å². The smallest absolute Gasteiger partial charge is 0.270 e. The number of hydrogen-bond acceptors (Lipinski definition) is 6. The molecule has 0 aliphatic carbocycles. The summed E-state index contributed by atoms with van der Waals surface area (Å²) in [5, 5.41) is 0.586. The number of ether oxygens (including phenoxy) is 3. The monoisotopic (exact) mass is 525 g/mol. The number of carbonyl (C=O) groups excluding carboxylic acids is 1. The van der Waals surface area contributed by atoms with Crippen molar-refractivity contribution in [3.8, 4) is 17.2 Å². The number of rotatable bonds is 10. The second kappa shape index (κ2) is 12.1. The maximum atomic E-state index is 13.0. The van der Waals surface area contributed by atoms with E-state index in [0.717, 1.165) is 11.3 Å². The number of benzene rings is 3. The van der Waals surface area contributed by atoms with E-state index < -0.39 is 0 Å². The average molecular weight is 526 g/mol. The van der Waals surface area contributed by atoms with Gasteiger partial charge in [0.25, 0.3) is 5.91 Å². The third kappa shape index (κ3) is 6.36. The third-order valence-electron chi connectivity index (χ3n) is 5.01. The molecule has 5 nitrogen and oxygen atoms in total. The Labute approximate surface area is 219 Å². The number of halogens is 1. The highest BCUT2D eigenvalue weighted by atomic mass is 35.5. The molecule has 4 rings (SSSR count). The quantitative estimate of drug-likeness (QED) is 0.161. The van der Waals surface area contributed by atoms with E-state index in [-0.39, 0.29) is 5.91 Å². The fourth-order valence-corrected chi connectivity index (χ4v) is 4.90. The Morgan fingerprint density at radius 3 is 2.37 bits per heavy atom. The van der Waals surface area contributed by atoms with E-state index in [4.69, 9.17) is 38.0 Å².